The third-order valence-electron chi connectivity index (χ3n) is 6.14. The third kappa shape index (κ3) is 8.45. The molecule has 214 valence electrons. The fourth-order valence-corrected chi connectivity index (χ4v) is 5.16. The number of likely N-dealkylation sites (tertiary alicyclic amines) is 1. The Hall–Kier alpha value is -4.10. The molecule has 3 N–H and O–H groups in total. The minimum absolute atomic E-state index is 0.219. The Balaban J connectivity index is 1.46. The summed E-state index contributed by atoms with van der Waals surface area (Å²) in [6.45, 7) is 6.39. The molecular formula is C27H34N6O6S. The topological polar surface area (TPSA) is 144 Å². The molecule has 2 aromatic carbocycles. The molecule has 0 unspecified atom stereocenters. The van der Waals surface area contributed by atoms with Crippen molar-refractivity contribution in [1.29, 1.82) is 0 Å². The van der Waals surface area contributed by atoms with Crippen molar-refractivity contribution in [1.82, 2.24) is 14.9 Å². The van der Waals surface area contributed by atoms with E-state index < -0.39 is 16.3 Å². The van der Waals surface area contributed by atoms with Crippen LogP contribution in [-0.4, -0.2) is 62.6 Å². The van der Waals surface area contributed by atoms with Gasteiger partial charge in [0.05, 0.1) is 18.5 Å². The quantitative estimate of drug-likeness (QED) is 0.286. The summed E-state index contributed by atoms with van der Waals surface area (Å²) in [7, 11) is -2.77. The molecule has 0 saturated carbocycles. The van der Waals surface area contributed by atoms with Crippen molar-refractivity contribution < 1.29 is 26.9 Å². The number of anilines is 5. The van der Waals surface area contributed by atoms with Crippen molar-refractivity contribution in [3.05, 3.63) is 54.2 Å². The molecule has 0 radical (unpaired) electrons. The van der Waals surface area contributed by atoms with Crippen LogP contribution in [0.15, 0.2) is 48.7 Å². The zero-order valence-corrected chi connectivity index (χ0v) is 23.6. The van der Waals surface area contributed by atoms with Crippen molar-refractivity contribution in [3.63, 3.8) is 0 Å². The highest BCUT2D eigenvalue weighted by Gasteiger charge is 2.18. The number of para-hydroxylation sites is 1. The van der Waals surface area contributed by atoms with Crippen molar-refractivity contribution in [2.24, 2.45) is 0 Å². The zero-order chi connectivity index (χ0) is 28.5. The predicted molar refractivity (Wildman–Crippen MR) is 153 cm³/mol. The monoisotopic (exact) mass is 570 g/mol. The molecule has 1 aliphatic rings. The van der Waals surface area contributed by atoms with Crippen molar-refractivity contribution in [2.45, 2.75) is 33.1 Å². The molecule has 0 spiro atoms. The molecule has 0 bridgehead atoms. The predicted octanol–water partition coefficient (Wildman–Crippen LogP) is 4.37. The summed E-state index contributed by atoms with van der Waals surface area (Å²) in [6, 6.07) is 12.3. The van der Waals surface area contributed by atoms with E-state index in [0.717, 1.165) is 26.6 Å². The van der Waals surface area contributed by atoms with Crippen LogP contribution in [-0.2, 0) is 19.3 Å². The van der Waals surface area contributed by atoms with E-state index in [1.807, 2.05) is 18.2 Å². The minimum atomic E-state index is -4.36. The first kappa shape index (κ1) is 28.9. The van der Waals surface area contributed by atoms with Gasteiger partial charge in [-0.1, -0.05) is 18.6 Å². The Morgan fingerprint density at radius 2 is 1.82 bits per heavy atom. The SMILES string of the molecule is COc1cc(Nc2nccc(Nc3cccc(C)c3NS(=O)(=O)OC(C)=O)n2)cc(OCCN2CCCCC2)c1. The lowest BCUT2D eigenvalue weighted by molar-refractivity contribution is -0.131. The van der Waals surface area contributed by atoms with Crippen LogP contribution in [0.25, 0.3) is 0 Å². The average molecular weight is 571 g/mol. The van der Waals surface area contributed by atoms with Gasteiger partial charge < -0.3 is 24.3 Å². The standard InChI is InChI=1S/C27H34N6O6S/c1-19-8-7-9-24(26(19)32-40(35,36)39-20(2)34)30-25-10-11-28-27(31-25)29-21-16-22(37-3)18-23(17-21)38-15-14-33-12-5-4-6-13-33/h7-11,16-18,32H,4-6,12-15H2,1-3H3,(H2,28,29,30,31). The van der Waals surface area contributed by atoms with Gasteiger partial charge in [0.1, 0.15) is 23.9 Å². The number of aromatic nitrogens is 2. The Labute approximate surface area is 234 Å². The number of ether oxygens (including phenoxy) is 2. The summed E-state index contributed by atoms with van der Waals surface area (Å²) in [5.41, 5.74) is 1.91. The minimum Gasteiger partial charge on any atom is -0.497 e. The van der Waals surface area contributed by atoms with E-state index in [-0.39, 0.29) is 5.69 Å². The van der Waals surface area contributed by atoms with Crippen molar-refractivity contribution in [3.8, 4) is 11.5 Å². The van der Waals surface area contributed by atoms with Crippen LogP contribution < -0.4 is 24.8 Å². The molecule has 40 heavy (non-hydrogen) atoms. The van der Waals surface area contributed by atoms with Crippen LogP contribution in [0.2, 0.25) is 0 Å². The number of piperidine rings is 1. The first-order valence-corrected chi connectivity index (χ1v) is 14.4. The molecule has 4 rings (SSSR count). The first-order chi connectivity index (χ1) is 19.2. The van der Waals surface area contributed by atoms with Gasteiger partial charge in [-0.3, -0.25) is 9.69 Å². The maximum absolute atomic E-state index is 12.2. The van der Waals surface area contributed by atoms with E-state index >= 15 is 0 Å². The Morgan fingerprint density at radius 3 is 2.58 bits per heavy atom. The number of hydrogen-bond donors (Lipinski definition) is 3. The number of carbonyl (C=O) groups excluding carboxylic acids is 1. The highest BCUT2D eigenvalue weighted by Crippen LogP contribution is 2.31. The van der Waals surface area contributed by atoms with E-state index in [4.69, 9.17) is 9.47 Å². The number of benzene rings is 2. The zero-order valence-electron chi connectivity index (χ0n) is 22.8. The molecule has 0 amide bonds. The van der Waals surface area contributed by atoms with Crippen LogP contribution in [0.1, 0.15) is 31.7 Å². The number of methoxy groups -OCH3 is 1. The molecule has 0 aliphatic carbocycles. The van der Waals surface area contributed by atoms with Gasteiger partial charge in [-0.05, 0) is 50.6 Å². The molecule has 12 nitrogen and oxygen atoms in total. The molecule has 0 atom stereocenters. The van der Waals surface area contributed by atoms with Gasteiger partial charge >= 0.3 is 16.3 Å². The van der Waals surface area contributed by atoms with E-state index in [2.05, 4.69) is 34.4 Å². The second-order valence-corrected chi connectivity index (χ2v) is 10.6. The van der Waals surface area contributed by atoms with Crippen LogP contribution in [0.3, 0.4) is 0 Å². The normalized spacial score (nSPS) is 13.8. The summed E-state index contributed by atoms with van der Waals surface area (Å²) < 4.78 is 42.6. The second-order valence-electron chi connectivity index (χ2n) is 9.29. The number of carbonyl (C=O) groups is 1. The molecule has 13 heteroatoms. The number of nitrogens with zero attached hydrogens (tertiary/aromatic N) is 3. The number of hydrogen-bond acceptors (Lipinski definition) is 11. The number of nitrogens with one attached hydrogen (secondary N) is 3. The van der Waals surface area contributed by atoms with Gasteiger partial charge in [0.2, 0.25) is 5.95 Å². The largest absolute Gasteiger partial charge is 0.497 e. The van der Waals surface area contributed by atoms with Crippen LogP contribution in [0.5, 0.6) is 11.5 Å². The van der Waals surface area contributed by atoms with Crippen molar-refractivity contribution >= 4 is 45.1 Å². The van der Waals surface area contributed by atoms with Crippen LogP contribution in [0.4, 0.5) is 28.8 Å². The van der Waals surface area contributed by atoms with Crippen LogP contribution >= 0.6 is 0 Å². The van der Waals surface area contributed by atoms with Gasteiger partial charge in [-0.15, -0.1) is 0 Å². The summed E-state index contributed by atoms with van der Waals surface area (Å²) in [5, 5.41) is 6.27. The maximum atomic E-state index is 12.2. The van der Waals surface area contributed by atoms with Gasteiger partial charge in [-0.25, -0.2) is 9.71 Å². The fraction of sp³-hybridized carbons (Fsp3) is 0.370. The van der Waals surface area contributed by atoms with Gasteiger partial charge in [0, 0.05) is 43.6 Å². The average Bonchev–Trinajstić information content (AvgIpc) is 2.90. The smallest absolute Gasteiger partial charge is 0.410 e. The Kier molecular flexibility index (Phi) is 9.61. The van der Waals surface area contributed by atoms with Gasteiger partial charge in [-0.2, -0.15) is 13.4 Å². The Bertz CT molecular complexity index is 1430. The molecule has 1 fully saturated rings. The third-order valence-corrected chi connectivity index (χ3v) is 7.05. The molecule has 1 aliphatic heterocycles. The molecule has 3 aromatic rings. The van der Waals surface area contributed by atoms with E-state index in [1.54, 1.807) is 44.5 Å². The molecule has 2 heterocycles. The highest BCUT2D eigenvalue weighted by molar-refractivity contribution is 7.88. The fourth-order valence-electron chi connectivity index (χ4n) is 4.28. The van der Waals surface area contributed by atoms with E-state index in [9.17, 15) is 13.2 Å². The van der Waals surface area contributed by atoms with Gasteiger partial charge in [0.25, 0.3) is 0 Å². The number of aryl methyl sites for hydroxylation is 1. The maximum Gasteiger partial charge on any atom is 0.410 e. The lowest BCUT2D eigenvalue weighted by Crippen LogP contribution is -2.33. The summed E-state index contributed by atoms with van der Waals surface area (Å²) in [6.07, 6.45) is 5.32. The van der Waals surface area contributed by atoms with E-state index in [0.29, 0.717) is 46.8 Å². The van der Waals surface area contributed by atoms with Gasteiger partial charge in [0.15, 0.2) is 0 Å². The van der Waals surface area contributed by atoms with Crippen LogP contribution in [0, 0.1) is 6.92 Å². The first-order valence-electron chi connectivity index (χ1n) is 12.9. The summed E-state index contributed by atoms with van der Waals surface area (Å²) in [5.74, 6) is 1.04. The summed E-state index contributed by atoms with van der Waals surface area (Å²) in [4.78, 5) is 22.4. The lowest BCUT2D eigenvalue weighted by atomic mass is 10.1. The van der Waals surface area contributed by atoms with E-state index in [1.165, 1.54) is 19.3 Å². The molecule has 1 aromatic heterocycles. The lowest BCUT2D eigenvalue weighted by Gasteiger charge is -2.26. The second kappa shape index (κ2) is 13.3. The van der Waals surface area contributed by atoms with Crippen molar-refractivity contribution in [2.75, 3.05) is 48.7 Å². The molecule has 1 saturated heterocycles. The highest BCUT2D eigenvalue weighted by atomic mass is 32.2. The molecular weight excluding hydrogens is 536 g/mol. The Morgan fingerprint density at radius 1 is 1.05 bits per heavy atom. The summed E-state index contributed by atoms with van der Waals surface area (Å²) >= 11 is 0. The number of rotatable bonds is 12.